The predicted molar refractivity (Wildman–Crippen MR) is 83.3 cm³/mol. The molecular formula is C15H17BrFNS. The standard InChI is InChI=1S/C15H17BrFNS/c1-3-10-6-7-19-15(10)14(18-2)8-11-4-5-12(17)9-13(11)16/h4-7,9,14,18H,3,8H2,1-2H3. The SMILES string of the molecule is CCc1ccsc1C(Cc1ccc(F)cc1Br)NC. The van der Waals surface area contributed by atoms with E-state index in [-0.39, 0.29) is 11.9 Å². The molecule has 19 heavy (non-hydrogen) atoms. The second-order valence-electron chi connectivity index (χ2n) is 4.44. The molecule has 0 bridgehead atoms. The molecule has 1 atom stereocenters. The minimum absolute atomic E-state index is 0.206. The van der Waals surface area contributed by atoms with Gasteiger partial charge in [-0.1, -0.05) is 28.9 Å². The first-order valence-electron chi connectivity index (χ1n) is 6.33. The van der Waals surface area contributed by atoms with Crippen LogP contribution in [0.1, 0.15) is 29.0 Å². The van der Waals surface area contributed by atoms with Crippen molar-refractivity contribution in [2.75, 3.05) is 7.05 Å². The quantitative estimate of drug-likeness (QED) is 0.829. The molecule has 1 N–H and O–H groups in total. The van der Waals surface area contributed by atoms with Gasteiger partial charge < -0.3 is 5.32 Å². The van der Waals surface area contributed by atoms with Gasteiger partial charge in [-0.3, -0.25) is 0 Å². The van der Waals surface area contributed by atoms with Crippen LogP contribution in [-0.2, 0) is 12.8 Å². The fourth-order valence-electron chi connectivity index (χ4n) is 2.18. The van der Waals surface area contributed by atoms with Gasteiger partial charge in [-0.25, -0.2) is 4.39 Å². The Kier molecular flexibility index (Phi) is 5.13. The number of halogens is 2. The highest BCUT2D eigenvalue weighted by Crippen LogP contribution is 2.30. The number of thiophene rings is 1. The maximum Gasteiger partial charge on any atom is 0.124 e. The van der Waals surface area contributed by atoms with E-state index in [2.05, 4.69) is 39.6 Å². The maximum absolute atomic E-state index is 13.1. The number of rotatable bonds is 5. The molecule has 0 amide bonds. The largest absolute Gasteiger partial charge is 0.312 e. The Morgan fingerprint density at radius 1 is 1.32 bits per heavy atom. The lowest BCUT2D eigenvalue weighted by molar-refractivity contribution is 0.592. The zero-order valence-corrected chi connectivity index (χ0v) is 13.4. The van der Waals surface area contributed by atoms with Crippen LogP contribution in [0.15, 0.2) is 34.1 Å². The highest BCUT2D eigenvalue weighted by molar-refractivity contribution is 9.10. The van der Waals surface area contributed by atoms with Crippen LogP contribution in [-0.4, -0.2) is 7.05 Å². The van der Waals surface area contributed by atoms with Gasteiger partial charge in [-0.2, -0.15) is 0 Å². The van der Waals surface area contributed by atoms with Crippen LogP contribution < -0.4 is 5.32 Å². The van der Waals surface area contributed by atoms with Gasteiger partial charge in [0.2, 0.25) is 0 Å². The molecule has 1 heterocycles. The molecule has 0 aliphatic rings. The summed E-state index contributed by atoms with van der Waals surface area (Å²) >= 11 is 5.22. The summed E-state index contributed by atoms with van der Waals surface area (Å²) < 4.78 is 14.0. The predicted octanol–water partition coefficient (Wildman–Crippen LogP) is 4.72. The van der Waals surface area contributed by atoms with Gasteiger partial charge in [0.15, 0.2) is 0 Å². The van der Waals surface area contributed by atoms with E-state index in [1.54, 1.807) is 11.3 Å². The van der Waals surface area contributed by atoms with Crippen molar-refractivity contribution in [3.63, 3.8) is 0 Å². The van der Waals surface area contributed by atoms with Crippen LogP contribution in [0.3, 0.4) is 0 Å². The average Bonchev–Trinajstić information content (AvgIpc) is 2.86. The number of benzene rings is 1. The molecule has 0 spiro atoms. The summed E-state index contributed by atoms with van der Waals surface area (Å²) in [5, 5.41) is 5.50. The van der Waals surface area contributed by atoms with E-state index in [9.17, 15) is 4.39 Å². The van der Waals surface area contributed by atoms with Gasteiger partial charge in [0.05, 0.1) is 0 Å². The lowest BCUT2D eigenvalue weighted by Gasteiger charge is -2.17. The van der Waals surface area contributed by atoms with Crippen molar-refractivity contribution < 1.29 is 4.39 Å². The average molecular weight is 342 g/mol. The summed E-state index contributed by atoms with van der Waals surface area (Å²) in [6.45, 7) is 2.17. The number of hydrogen-bond donors (Lipinski definition) is 1. The van der Waals surface area contributed by atoms with Gasteiger partial charge >= 0.3 is 0 Å². The Morgan fingerprint density at radius 3 is 2.74 bits per heavy atom. The van der Waals surface area contributed by atoms with Crippen molar-refractivity contribution in [2.45, 2.75) is 25.8 Å². The van der Waals surface area contributed by atoms with Crippen molar-refractivity contribution in [3.8, 4) is 0 Å². The summed E-state index contributed by atoms with van der Waals surface area (Å²) in [6, 6.07) is 7.35. The van der Waals surface area contributed by atoms with Gasteiger partial charge in [0.1, 0.15) is 5.82 Å². The Hall–Kier alpha value is -0.710. The summed E-state index contributed by atoms with van der Waals surface area (Å²) in [7, 11) is 1.97. The number of likely N-dealkylation sites (N-methyl/N-ethyl adjacent to an activating group) is 1. The monoisotopic (exact) mass is 341 g/mol. The second-order valence-corrected chi connectivity index (χ2v) is 6.25. The van der Waals surface area contributed by atoms with Crippen LogP contribution in [0.4, 0.5) is 4.39 Å². The fourth-order valence-corrected chi connectivity index (χ4v) is 3.80. The van der Waals surface area contributed by atoms with Crippen molar-refractivity contribution in [3.05, 3.63) is 55.9 Å². The van der Waals surface area contributed by atoms with Gasteiger partial charge in [-0.05, 0) is 54.6 Å². The van der Waals surface area contributed by atoms with E-state index in [0.717, 1.165) is 22.9 Å². The van der Waals surface area contributed by atoms with E-state index in [4.69, 9.17) is 0 Å². The Morgan fingerprint density at radius 2 is 2.11 bits per heavy atom. The molecule has 0 radical (unpaired) electrons. The van der Waals surface area contributed by atoms with Crippen LogP contribution in [0.25, 0.3) is 0 Å². The third-order valence-electron chi connectivity index (χ3n) is 3.27. The Labute approximate surface area is 126 Å². The van der Waals surface area contributed by atoms with Gasteiger partial charge in [0.25, 0.3) is 0 Å². The minimum Gasteiger partial charge on any atom is -0.312 e. The fraction of sp³-hybridized carbons (Fsp3) is 0.333. The van der Waals surface area contributed by atoms with Crippen LogP contribution in [0.2, 0.25) is 0 Å². The summed E-state index contributed by atoms with van der Waals surface area (Å²) in [4.78, 5) is 1.38. The maximum atomic E-state index is 13.1. The first kappa shape index (κ1) is 14.7. The number of aryl methyl sites for hydroxylation is 1. The zero-order valence-electron chi connectivity index (χ0n) is 11.0. The first-order chi connectivity index (χ1) is 9.15. The molecule has 1 nitrogen and oxygen atoms in total. The lowest BCUT2D eigenvalue weighted by atomic mass is 10.0. The molecule has 2 aromatic rings. The van der Waals surface area contributed by atoms with E-state index in [1.165, 1.54) is 22.6 Å². The third-order valence-corrected chi connectivity index (χ3v) is 5.08. The normalized spacial score (nSPS) is 12.6. The first-order valence-corrected chi connectivity index (χ1v) is 8.00. The third kappa shape index (κ3) is 3.44. The lowest BCUT2D eigenvalue weighted by Crippen LogP contribution is -2.19. The highest BCUT2D eigenvalue weighted by Gasteiger charge is 2.16. The zero-order chi connectivity index (χ0) is 13.8. The van der Waals surface area contributed by atoms with Crippen molar-refractivity contribution in [2.24, 2.45) is 0 Å². The molecular weight excluding hydrogens is 325 g/mol. The molecule has 102 valence electrons. The van der Waals surface area contributed by atoms with Gasteiger partial charge in [-0.15, -0.1) is 11.3 Å². The van der Waals surface area contributed by atoms with Crippen LogP contribution in [0, 0.1) is 5.82 Å². The van der Waals surface area contributed by atoms with Crippen molar-refractivity contribution in [1.82, 2.24) is 5.32 Å². The van der Waals surface area contributed by atoms with Crippen LogP contribution >= 0.6 is 27.3 Å². The summed E-state index contributed by atoms with van der Waals surface area (Å²) in [6.07, 6.45) is 1.90. The number of hydrogen-bond acceptors (Lipinski definition) is 2. The van der Waals surface area contributed by atoms with Crippen molar-refractivity contribution >= 4 is 27.3 Å². The molecule has 1 aromatic carbocycles. The Bertz CT molecular complexity index is 553. The minimum atomic E-state index is -0.206. The summed E-state index contributed by atoms with van der Waals surface area (Å²) in [5.74, 6) is -0.206. The molecule has 1 aromatic heterocycles. The molecule has 0 aliphatic heterocycles. The van der Waals surface area contributed by atoms with E-state index < -0.39 is 0 Å². The van der Waals surface area contributed by atoms with Crippen molar-refractivity contribution in [1.29, 1.82) is 0 Å². The molecule has 0 saturated heterocycles. The van der Waals surface area contributed by atoms with E-state index in [0.29, 0.717) is 0 Å². The van der Waals surface area contributed by atoms with Crippen LogP contribution in [0.5, 0.6) is 0 Å². The molecule has 0 fully saturated rings. The topological polar surface area (TPSA) is 12.0 Å². The Balaban J connectivity index is 2.24. The molecule has 0 aliphatic carbocycles. The van der Waals surface area contributed by atoms with E-state index in [1.807, 2.05) is 13.1 Å². The smallest absolute Gasteiger partial charge is 0.124 e. The highest BCUT2D eigenvalue weighted by atomic mass is 79.9. The molecule has 2 rings (SSSR count). The number of nitrogens with one attached hydrogen (secondary N) is 1. The summed E-state index contributed by atoms with van der Waals surface area (Å²) in [5.41, 5.74) is 2.51. The second kappa shape index (κ2) is 6.64. The molecule has 4 heteroatoms. The molecule has 1 unspecified atom stereocenters. The molecule has 0 saturated carbocycles. The van der Waals surface area contributed by atoms with E-state index >= 15 is 0 Å². The van der Waals surface area contributed by atoms with Gasteiger partial charge in [0, 0.05) is 15.4 Å².